The van der Waals surface area contributed by atoms with Gasteiger partial charge >= 0.3 is 0 Å². The Labute approximate surface area is 194 Å². The largest absolute Gasteiger partial charge is 0.467 e. The number of methoxy groups -OCH3 is 1. The first kappa shape index (κ1) is 24.2. The lowest BCUT2D eigenvalue weighted by atomic mass is 9.86. The summed E-state index contributed by atoms with van der Waals surface area (Å²) in [6, 6.07) is 21.4. The van der Waals surface area contributed by atoms with E-state index < -0.39 is 0 Å². The van der Waals surface area contributed by atoms with Crippen molar-refractivity contribution in [2.75, 3.05) is 21.0 Å². The van der Waals surface area contributed by atoms with E-state index in [0.717, 1.165) is 22.6 Å². The molecule has 3 aromatic carbocycles. The van der Waals surface area contributed by atoms with Gasteiger partial charge in [-0.15, -0.1) is 0 Å². The molecule has 0 amide bonds. The molecule has 0 aliphatic heterocycles. The summed E-state index contributed by atoms with van der Waals surface area (Å²) in [7, 11) is 3.96. The van der Waals surface area contributed by atoms with Gasteiger partial charge in [0.25, 0.3) is 0 Å². The van der Waals surface area contributed by atoms with Gasteiger partial charge in [0.2, 0.25) is 0 Å². The van der Waals surface area contributed by atoms with Gasteiger partial charge in [-0.25, -0.2) is 0 Å². The molecular formula is C28H34NO2P. The lowest BCUT2D eigenvalue weighted by Crippen LogP contribution is -2.21. The smallest absolute Gasteiger partial charge is 0.188 e. The first-order chi connectivity index (χ1) is 15.3. The van der Waals surface area contributed by atoms with Gasteiger partial charge < -0.3 is 9.47 Å². The highest BCUT2D eigenvalue weighted by atomic mass is 31.1. The summed E-state index contributed by atoms with van der Waals surface area (Å²) < 4.78 is 11.3. The molecule has 0 aliphatic carbocycles. The standard InChI is InChI=1S/C28H34NO2P/c1-19-12-11-15-23(25(29-6)21-13-9-8-10-14-21)27(19)32-24-17-22(28(3,4)5)16-20(2)26(24)31-18-30-7/h8-17,32H,18H2,1-7H3. The first-order valence-electron chi connectivity index (χ1n) is 10.9. The Morgan fingerprint density at radius 3 is 2.28 bits per heavy atom. The average molecular weight is 448 g/mol. The minimum absolute atomic E-state index is 0.0540. The highest BCUT2D eigenvalue weighted by molar-refractivity contribution is 7.56. The second-order valence-electron chi connectivity index (χ2n) is 9.03. The van der Waals surface area contributed by atoms with Gasteiger partial charge in [0.15, 0.2) is 6.79 Å². The third-order valence-corrected chi connectivity index (χ3v) is 7.07. The third-order valence-electron chi connectivity index (χ3n) is 5.52. The minimum atomic E-state index is 0.0540. The number of nitrogens with zero attached hydrogens (tertiary/aromatic N) is 1. The summed E-state index contributed by atoms with van der Waals surface area (Å²) in [5.41, 5.74) is 7.08. The van der Waals surface area contributed by atoms with E-state index in [1.165, 1.54) is 27.3 Å². The molecule has 0 saturated heterocycles. The Kier molecular flexibility index (Phi) is 7.87. The average Bonchev–Trinajstić information content (AvgIpc) is 2.76. The van der Waals surface area contributed by atoms with Crippen LogP contribution in [0.2, 0.25) is 0 Å². The lowest BCUT2D eigenvalue weighted by molar-refractivity contribution is 0.0514. The number of hydrogen-bond donors (Lipinski definition) is 0. The number of ether oxygens (including phenoxy) is 2. The van der Waals surface area contributed by atoms with Crippen LogP contribution in [0.5, 0.6) is 5.75 Å². The lowest BCUT2D eigenvalue weighted by Gasteiger charge is -2.24. The van der Waals surface area contributed by atoms with E-state index in [0.29, 0.717) is 8.58 Å². The summed E-state index contributed by atoms with van der Waals surface area (Å²) in [6.45, 7) is 11.3. The summed E-state index contributed by atoms with van der Waals surface area (Å²) in [6.07, 6.45) is 0. The predicted molar refractivity (Wildman–Crippen MR) is 139 cm³/mol. The first-order valence-corrected chi connectivity index (χ1v) is 11.9. The van der Waals surface area contributed by atoms with Gasteiger partial charge in [-0.1, -0.05) is 83.9 Å². The second kappa shape index (κ2) is 10.4. The van der Waals surface area contributed by atoms with Gasteiger partial charge in [0, 0.05) is 30.6 Å². The number of benzene rings is 3. The number of rotatable bonds is 7. The van der Waals surface area contributed by atoms with Crippen molar-refractivity contribution in [1.82, 2.24) is 0 Å². The van der Waals surface area contributed by atoms with Crippen molar-refractivity contribution in [3.8, 4) is 5.75 Å². The molecule has 3 rings (SSSR count). The minimum Gasteiger partial charge on any atom is -0.467 e. The maximum atomic E-state index is 6.06. The van der Waals surface area contributed by atoms with Crippen molar-refractivity contribution in [1.29, 1.82) is 0 Å². The third kappa shape index (κ3) is 5.46. The van der Waals surface area contributed by atoms with Crippen LogP contribution in [0.1, 0.15) is 48.6 Å². The fourth-order valence-corrected chi connectivity index (χ4v) is 5.27. The maximum Gasteiger partial charge on any atom is 0.188 e. The molecule has 4 heteroatoms. The maximum absolute atomic E-state index is 6.06. The van der Waals surface area contributed by atoms with Crippen LogP contribution in [-0.4, -0.2) is 26.7 Å². The quantitative estimate of drug-likeness (QED) is 0.265. The van der Waals surface area contributed by atoms with Gasteiger partial charge in [-0.05, 0) is 47.3 Å². The topological polar surface area (TPSA) is 30.8 Å². The Bertz CT molecular complexity index is 1100. The van der Waals surface area contributed by atoms with Crippen LogP contribution in [0.3, 0.4) is 0 Å². The summed E-state index contributed by atoms with van der Waals surface area (Å²) >= 11 is 0. The van der Waals surface area contributed by atoms with Crippen molar-refractivity contribution < 1.29 is 9.47 Å². The molecule has 0 heterocycles. The molecule has 0 saturated carbocycles. The second-order valence-corrected chi connectivity index (χ2v) is 10.3. The van der Waals surface area contributed by atoms with E-state index in [2.05, 4.69) is 94.2 Å². The van der Waals surface area contributed by atoms with Gasteiger partial charge in [0.1, 0.15) is 5.75 Å². The Morgan fingerprint density at radius 1 is 0.938 bits per heavy atom. The van der Waals surface area contributed by atoms with Crippen molar-refractivity contribution in [3.63, 3.8) is 0 Å². The van der Waals surface area contributed by atoms with Crippen LogP contribution in [0.15, 0.2) is 65.7 Å². The molecule has 1 atom stereocenters. The van der Waals surface area contributed by atoms with Crippen LogP contribution >= 0.6 is 8.58 Å². The molecule has 0 aliphatic rings. The molecule has 3 aromatic rings. The van der Waals surface area contributed by atoms with Crippen molar-refractivity contribution >= 4 is 24.9 Å². The molecular weight excluding hydrogens is 413 g/mol. The molecule has 0 radical (unpaired) electrons. The zero-order valence-corrected chi connectivity index (χ0v) is 21.2. The van der Waals surface area contributed by atoms with E-state index in [-0.39, 0.29) is 12.2 Å². The van der Waals surface area contributed by atoms with E-state index in [1.807, 2.05) is 13.1 Å². The molecule has 0 aromatic heterocycles. The normalized spacial score (nSPS) is 12.5. The number of aliphatic imine (C=N–C) groups is 1. The molecule has 0 spiro atoms. The molecule has 3 nitrogen and oxygen atoms in total. The highest BCUT2D eigenvalue weighted by Crippen LogP contribution is 2.32. The monoisotopic (exact) mass is 447 g/mol. The van der Waals surface area contributed by atoms with Gasteiger partial charge in [-0.3, -0.25) is 4.99 Å². The zero-order valence-electron chi connectivity index (χ0n) is 20.2. The fourth-order valence-electron chi connectivity index (χ4n) is 3.78. The van der Waals surface area contributed by atoms with Crippen molar-refractivity contribution in [3.05, 3.63) is 88.5 Å². The van der Waals surface area contributed by atoms with Crippen LogP contribution in [0.4, 0.5) is 0 Å². The van der Waals surface area contributed by atoms with E-state index in [1.54, 1.807) is 7.11 Å². The molecule has 0 bridgehead atoms. The summed E-state index contributed by atoms with van der Waals surface area (Å²) in [5.74, 6) is 0.919. The van der Waals surface area contributed by atoms with E-state index in [9.17, 15) is 0 Å². The fraction of sp³-hybridized carbons (Fsp3) is 0.321. The Balaban J connectivity index is 2.16. The van der Waals surface area contributed by atoms with E-state index in [4.69, 9.17) is 9.47 Å². The van der Waals surface area contributed by atoms with Crippen LogP contribution in [0, 0.1) is 13.8 Å². The Hall–Kier alpha value is -2.48. The summed E-state index contributed by atoms with van der Waals surface area (Å²) in [4.78, 5) is 4.69. The predicted octanol–water partition coefficient (Wildman–Crippen LogP) is 5.68. The molecule has 0 fully saturated rings. The molecule has 1 unspecified atom stereocenters. The van der Waals surface area contributed by atoms with Gasteiger partial charge in [0.05, 0.1) is 5.71 Å². The SMILES string of the molecule is CN=C(c1ccccc1)c1cccc(C)c1Pc1cc(C(C)(C)C)cc(C)c1OCOC. The van der Waals surface area contributed by atoms with Crippen LogP contribution < -0.4 is 15.3 Å². The highest BCUT2D eigenvalue weighted by Gasteiger charge is 2.21. The number of hydrogen-bond acceptors (Lipinski definition) is 3. The van der Waals surface area contributed by atoms with E-state index >= 15 is 0 Å². The van der Waals surface area contributed by atoms with Crippen LogP contribution in [-0.2, 0) is 10.2 Å². The number of aryl methyl sites for hydroxylation is 2. The van der Waals surface area contributed by atoms with Gasteiger partial charge in [-0.2, -0.15) is 0 Å². The summed E-state index contributed by atoms with van der Waals surface area (Å²) in [5, 5.41) is 2.50. The van der Waals surface area contributed by atoms with Crippen molar-refractivity contribution in [2.24, 2.45) is 4.99 Å². The molecule has 32 heavy (non-hydrogen) atoms. The molecule has 0 N–H and O–H groups in total. The molecule has 168 valence electrons. The van der Waals surface area contributed by atoms with Crippen LogP contribution in [0.25, 0.3) is 0 Å². The van der Waals surface area contributed by atoms with Crippen molar-refractivity contribution in [2.45, 2.75) is 40.0 Å². The Morgan fingerprint density at radius 2 is 1.66 bits per heavy atom. The zero-order chi connectivity index (χ0) is 23.3.